The van der Waals surface area contributed by atoms with E-state index < -0.39 is 11.7 Å². The molecule has 1 heterocycles. The Balaban J connectivity index is 2.95. The Labute approximate surface area is 97.5 Å². The Hall–Kier alpha value is -0.930. The van der Waals surface area contributed by atoms with Crippen LogP contribution >= 0.6 is 0 Å². The third-order valence-corrected chi connectivity index (χ3v) is 3.13. The first kappa shape index (κ1) is 13.1. The lowest BCUT2D eigenvalue weighted by atomic mass is 9.86. The Morgan fingerprint density at radius 2 is 2.06 bits per heavy atom. The van der Waals surface area contributed by atoms with Crippen LogP contribution in [-0.4, -0.2) is 22.3 Å². The fourth-order valence-electron chi connectivity index (χ4n) is 2.05. The molecule has 0 bridgehead atoms. The quantitative estimate of drug-likeness (QED) is 0.806. The van der Waals surface area contributed by atoms with Crippen molar-refractivity contribution in [2.45, 2.75) is 45.3 Å². The van der Waals surface area contributed by atoms with E-state index in [0.717, 1.165) is 18.4 Å². The van der Waals surface area contributed by atoms with Gasteiger partial charge >= 0.3 is 0 Å². The van der Waals surface area contributed by atoms with Crippen LogP contribution in [0, 0.1) is 0 Å². The van der Waals surface area contributed by atoms with Gasteiger partial charge in [-0.25, -0.2) is 0 Å². The molecular weight excluding hydrogens is 202 g/mol. The molecule has 3 nitrogen and oxygen atoms in total. The van der Waals surface area contributed by atoms with Gasteiger partial charge in [-0.05, 0) is 25.8 Å². The Morgan fingerprint density at radius 3 is 2.50 bits per heavy atom. The number of rotatable bonds is 6. The number of hydrogen-bond donors (Lipinski definition) is 1. The first-order chi connectivity index (χ1) is 7.70. The van der Waals surface area contributed by atoms with Crippen LogP contribution in [0.1, 0.15) is 45.3 Å². The molecular formula is C13H21NO2. The van der Waals surface area contributed by atoms with E-state index in [2.05, 4.69) is 4.98 Å². The molecule has 0 aliphatic rings. The van der Waals surface area contributed by atoms with E-state index >= 15 is 0 Å². The lowest BCUT2D eigenvalue weighted by Crippen LogP contribution is -2.38. The van der Waals surface area contributed by atoms with Crippen LogP contribution < -0.4 is 0 Å². The molecule has 0 radical (unpaired) electrons. The molecule has 1 rings (SSSR count). The van der Waals surface area contributed by atoms with Crippen LogP contribution in [-0.2, 0) is 4.74 Å². The summed E-state index contributed by atoms with van der Waals surface area (Å²) in [6.07, 6.45) is 4.36. The maximum Gasteiger partial charge on any atom is 0.109 e. The zero-order valence-corrected chi connectivity index (χ0v) is 10.3. The third-order valence-electron chi connectivity index (χ3n) is 3.13. The zero-order valence-electron chi connectivity index (χ0n) is 10.3. The molecule has 1 N–H and O–H groups in total. The first-order valence-corrected chi connectivity index (χ1v) is 5.92. The molecule has 0 saturated carbocycles. The molecule has 1 aromatic rings. The summed E-state index contributed by atoms with van der Waals surface area (Å²) in [5, 5.41) is 10.4. The maximum atomic E-state index is 10.4. The van der Waals surface area contributed by atoms with Gasteiger partial charge < -0.3 is 9.84 Å². The number of aromatic nitrogens is 1. The van der Waals surface area contributed by atoms with Gasteiger partial charge in [-0.3, -0.25) is 4.98 Å². The number of ether oxygens (including phenoxy) is 1. The first-order valence-electron chi connectivity index (χ1n) is 5.92. The number of aliphatic hydroxyl groups excluding tert-OH is 1. The fourth-order valence-corrected chi connectivity index (χ4v) is 2.05. The van der Waals surface area contributed by atoms with Crippen molar-refractivity contribution >= 4 is 0 Å². The average Bonchev–Trinajstić information content (AvgIpc) is 2.36. The molecule has 1 unspecified atom stereocenters. The predicted octanol–water partition coefficient (Wildman–Crippen LogP) is 2.71. The van der Waals surface area contributed by atoms with Crippen LogP contribution in [0.2, 0.25) is 0 Å². The SMILES string of the molecule is CCOC(CC)(CC)C(O)c1cccnc1. The summed E-state index contributed by atoms with van der Waals surface area (Å²) in [5.41, 5.74) is 0.331. The predicted molar refractivity (Wildman–Crippen MR) is 64.1 cm³/mol. The standard InChI is InChI=1S/C13H21NO2/c1-4-13(5-2,16-6-3)12(15)11-8-7-9-14-10-11/h7-10,12,15H,4-6H2,1-3H3. The number of aliphatic hydroxyl groups is 1. The molecule has 1 aromatic heterocycles. The maximum absolute atomic E-state index is 10.4. The van der Waals surface area contributed by atoms with Gasteiger partial charge in [0, 0.05) is 24.6 Å². The molecule has 90 valence electrons. The van der Waals surface area contributed by atoms with E-state index in [9.17, 15) is 5.11 Å². The van der Waals surface area contributed by atoms with E-state index in [1.807, 2.05) is 32.9 Å². The minimum absolute atomic E-state index is 0.488. The second-order valence-electron chi connectivity index (χ2n) is 3.89. The molecule has 0 aliphatic heterocycles. The highest BCUT2D eigenvalue weighted by atomic mass is 16.5. The largest absolute Gasteiger partial charge is 0.385 e. The average molecular weight is 223 g/mol. The van der Waals surface area contributed by atoms with E-state index in [0.29, 0.717) is 6.61 Å². The second-order valence-corrected chi connectivity index (χ2v) is 3.89. The highest BCUT2D eigenvalue weighted by molar-refractivity contribution is 5.16. The van der Waals surface area contributed by atoms with Crippen LogP contribution in [0.25, 0.3) is 0 Å². The lowest BCUT2D eigenvalue weighted by molar-refractivity contribution is -0.127. The summed E-state index contributed by atoms with van der Waals surface area (Å²) in [6.45, 7) is 6.65. The summed E-state index contributed by atoms with van der Waals surface area (Å²) in [7, 11) is 0. The Bertz CT molecular complexity index is 296. The minimum atomic E-state index is -0.615. The Morgan fingerprint density at radius 1 is 1.38 bits per heavy atom. The molecule has 1 atom stereocenters. The van der Waals surface area contributed by atoms with Crippen molar-refractivity contribution in [3.63, 3.8) is 0 Å². The van der Waals surface area contributed by atoms with Gasteiger partial charge in [-0.15, -0.1) is 0 Å². The number of nitrogens with zero attached hydrogens (tertiary/aromatic N) is 1. The van der Waals surface area contributed by atoms with Gasteiger partial charge in [-0.2, -0.15) is 0 Å². The van der Waals surface area contributed by atoms with Gasteiger partial charge in [-0.1, -0.05) is 19.9 Å². The topological polar surface area (TPSA) is 42.4 Å². The lowest BCUT2D eigenvalue weighted by Gasteiger charge is -2.36. The molecule has 0 fully saturated rings. The summed E-state index contributed by atoms with van der Waals surface area (Å²) in [4.78, 5) is 4.03. The van der Waals surface area contributed by atoms with Gasteiger partial charge in [0.05, 0.1) is 5.60 Å². The van der Waals surface area contributed by atoms with Crippen molar-refractivity contribution in [1.29, 1.82) is 0 Å². The van der Waals surface area contributed by atoms with Crippen molar-refractivity contribution in [2.24, 2.45) is 0 Å². The van der Waals surface area contributed by atoms with Gasteiger partial charge in [0.2, 0.25) is 0 Å². The van der Waals surface area contributed by atoms with E-state index in [1.54, 1.807) is 12.4 Å². The van der Waals surface area contributed by atoms with Gasteiger partial charge in [0.25, 0.3) is 0 Å². The van der Waals surface area contributed by atoms with Gasteiger partial charge in [0.15, 0.2) is 0 Å². The van der Waals surface area contributed by atoms with Crippen molar-refractivity contribution in [3.8, 4) is 0 Å². The Kier molecular flexibility index (Phi) is 4.90. The van der Waals surface area contributed by atoms with Crippen molar-refractivity contribution < 1.29 is 9.84 Å². The van der Waals surface area contributed by atoms with Crippen LogP contribution in [0.15, 0.2) is 24.5 Å². The summed E-state index contributed by atoms with van der Waals surface area (Å²) < 4.78 is 5.77. The molecule has 3 heteroatoms. The van der Waals surface area contributed by atoms with Crippen LogP contribution in [0.3, 0.4) is 0 Å². The number of pyridine rings is 1. The highest BCUT2D eigenvalue weighted by Gasteiger charge is 2.36. The molecule has 0 spiro atoms. The third kappa shape index (κ3) is 2.60. The van der Waals surface area contributed by atoms with E-state index in [-0.39, 0.29) is 0 Å². The second kappa shape index (κ2) is 5.97. The number of hydrogen-bond acceptors (Lipinski definition) is 3. The summed E-state index contributed by atoms with van der Waals surface area (Å²) >= 11 is 0. The van der Waals surface area contributed by atoms with Crippen LogP contribution in [0.4, 0.5) is 0 Å². The highest BCUT2D eigenvalue weighted by Crippen LogP contribution is 2.34. The van der Waals surface area contributed by atoms with Gasteiger partial charge in [0.1, 0.15) is 6.10 Å². The summed E-state index contributed by atoms with van der Waals surface area (Å²) in [6, 6.07) is 3.72. The zero-order chi connectivity index (χ0) is 12.0. The molecule has 0 aliphatic carbocycles. The smallest absolute Gasteiger partial charge is 0.109 e. The molecule has 16 heavy (non-hydrogen) atoms. The fraction of sp³-hybridized carbons (Fsp3) is 0.615. The van der Waals surface area contributed by atoms with E-state index in [1.165, 1.54) is 0 Å². The van der Waals surface area contributed by atoms with Crippen molar-refractivity contribution in [1.82, 2.24) is 4.98 Å². The minimum Gasteiger partial charge on any atom is -0.385 e. The molecule has 0 amide bonds. The monoisotopic (exact) mass is 223 g/mol. The van der Waals surface area contributed by atoms with Crippen molar-refractivity contribution in [3.05, 3.63) is 30.1 Å². The normalized spacial score (nSPS) is 13.8. The van der Waals surface area contributed by atoms with Crippen molar-refractivity contribution in [2.75, 3.05) is 6.61 Å². The molecule has 0 saturated heterocycles. The van der Waals surface area contributed by atoms with E-state index in [4.69, 9.17) is 4.74 Å². The summed E-state index contributed by atoms with van der Waals surface area (Å²) in [5.74, 6) is 0. The molecule has 0 aromatic carbocycles. The van der Waals surface area contributed by atoms with Crippen LogP contribution in [0.5, 0.6) is 0 Å².